The molecule has 0 amide bonds. The van der Waals surface area contributed by atoms with Crippen LogP contribution in [-0.2, 0) is 23.8 Å². The van der Waals surface area contributed by atoms with E-state index in [0.717, 1.165) is 70.6 Å². The van der Waals surface area contributed by atoms with E-state index in [1.54, 1.807) is 0 Å². The molecule has 0 radical (unpaired) electrons. The largest absolute Gasteiger partial charge is 0.462 e. The van der Waals surface area contributed by atoms with Crippen molar-refractivity contribution < 1.29 is 23.8 Å². The lowest BCUT2D eigenvalue weighted by molar-refractivity contribution is -0.163. The first kappa shape index (κ1) is 59.3. The van der Waals surface area contributed by atoms with E-state index in [4.69, 9.17) is 14.2 Å². The molecule has 0 aromatic heterocycles. The molecule has 0 spiro atoms. The summed E-state index contributed by atoms with van der Waals surface area (Å²) in [7, 11) is 0. The fourth-order valence-electron chi connectivity index (χ4n) is 7.31. The van der Waals surface area contributed by atoms with Gasteiger partial charge >= 0.3 is 11.9 Å². The van der Waals surface area contributed by atoms with Gasteiger partial charge in [0.15, 0.2) is 6.10 Å². The van der Waals surface area contributed by atoms with Crippen molar-refractivity contribution in [2.75, 3.05) is 19.8 Å². The molecule has 0 N–H and O–H groups in total. The Labute approximate surface area is 385 Å². The van der Waals surface area contributed by atoms with Crippen LogP contribution in [0.3, 0.4) is 0 Å². The van der Waals surface area contributed by atoms with E-state index in [-0.39, 0.29) is 25.2 Å². The van der Waals surface area contributed by atoms with Crippen molar-refractivity contribution in [1.82, 2.24) is 0 Å². The van der Waals surface area contributed by atoms with Gasteiger partial charge in [0, 0.05) is 19.4 Å². The van der Waals surface area contributed by atoms with Crippen molar-refractivity contribution in [3.8, 4) is 0 Å². The summed E-state index contributed by atoms with van der Waals surface area (Å²) in [5, 5.41) is 0. The Kier molecular flexibility index (Phi) is 50.4. The monoisotopic (exact) mass is 865 g/mol. The molecular weight excluding hydrogens is 765 g/mol. The van der Waals surface area contributed by atoms with E-state index < -0.39 is 6.10 Å². The van der Waals surface area contributed by atoms with Crippen LogP contribution in [0.15, 0.2) is 72.9 Å². The first-order chi connectivity index (χ1) is 30.6. The van der Waals surface area contributed by atoms with Crippen LogP contribution >= 0.6 is 0 Å². The molecule has 0 aliphatic carbocycles. The summed E-state index contributed by atoms with van der Waals surface area (Å²) in [6.45, 7) is 7.66. The number of ether oxygens (including phenoxy) is 3. The SMILES string of the molecule is CC/C=C\C/C=C\C/C=C\C/C=C\C/C=C\CCCC(=O)OCC(COCCCCCCCCCC/C=C\CCCCCCCC)OC(=O)CCCCCCCCCCCCC. The van der Waals surface area contributed by atoms with Crippen molar-refractivity contribution in [3.05, 3.63) is 72.9 Å². The second-order valence-corrected chi connectivity index (χ2v) is 17.4. The number of unbranched alkanes of at least 4 members (excludes halogenated alkanes) is 25. The maximum absolute atomic E-state index is 12.8. The molecule has 5 nitrogen and oxygen atoms in total. The Morgan fingerprint density at radius 2 is 0.742 bits per heavy atom. The second-order valence-electron chi connectivity index (χ2n) is 17.4. The van der Waals surface area contributed by atoms with E-state index >= 15 is 0 Å². The molecule has 0 rings (SSSR count). The Balaban J connectivity index is 4.31. The minimum atomic E-state index is -0.560. The number of allylic oxidation sites excluding steroid dienone is 12. The van der Waals surface area contributed by atoms with Gasteiger partial charge in [0.1, 0.15) is 6.61 Å². The topological polar surface area (TPSA) is 61.8 Å². The Morgan fingerprint density at radius 1 is 0.371 bits per heavy atom. The molecular formula is C57H100O5. The number of hydrogen-bond acceptors (Lipinski definition) is 5. The molecule has 0 bridgehead atoms. The second kappa shape index (κ2) is 52.7. The van der Waals surface area contributed by atoms with Crippen LogP contribution in [0.25, 0.3) is 0 Å². The predicted octanol–water partition coefficient (Wildman–Crippen LogP) is 17.9. The molecule has 0 aromatic carbocycles. The summed E-state index contributed by atoms with van der Waals surface area (Å²) in [5.74, 6) is -0.461. The average molecular weight is 865 g/mol. The standard InChI is InChI=1S/C57H100O5/c1-4-7-10-13-16-19-22-24-26-28-30-32-34-37-40-43-46-49-52-60-53-55(62-57(59)51-48-45-42-39-35-21-18-15-12-9-6-3)54-61-56(58)50-47-44-41-38-36-33-31-29-27-25-23-20-17-14-11-8-5-2/h8,11,17,20,24-27,31,33,38,41,55H,4-7,9-10,12-16,18-19,21-23,28-30,32,34-37,39-40,42-54H2,1-3H3/b11-8-,20-17-,26-24-,27-25-,33-31-,41-38-. The zero-order valence-electron chi connectivity index (χ0n) is 41.1. The van der Waals surface area contributed by atoms with Crippen molar-refractivity contribution in [2.24, 2.45) is 0 Å². The molecule has 0 fully saturated rings. The number of rotatable bonds is 48. The van der Waals surface area contributed by atoms with Gasteiger partial charge in [-0.3, -0.25) is 9.59 Å². The molecule has 0 aromatic rings. The normalized spacial score (nSPS) is 12.8. The summed E-state index contributed by atoms with van der Waals surface area (Å²) < 4.78 is 17.4. The summed E-state index contributed by atoms with van der Waals surface area (Å²) in [6.07, 6.45) is 67.8. The van der Waals surface area contributed by atoms with Crippen LogP contribution in [0.4, 0.5) is 0 Å². The van der Waals surface area contributed by atoms with Gasteiger partial charge < -0.3 is 14.2 Å². The van der Waals surface area contributed by atoms with Gasteiger partial charge in [0.05, 0.1) is 6.61 Å². The van der Waals surface area contributed by atoms with Crippen LogP contribution in [0.2, 0.25) is 0 Å². The predicted molar refractivity (Wildman–Crippen MR) is 270 cm³/mol. The van der Waals surface area contributed by atoms with Crippen molar-refractivity contribution >= 4 is 11.9 Å². The lowest BCUT2D eigenvalue weighted by Gasteiger charge is -2.18. The molecule has 0 aliphatic rings. The van der Waals surface area contributed by atoms with Crippen molar-refractivity contribution in [2.45, 2.75) is 258 Å². The molecule has 0 heterocycles. The third kappa shape index (κ3) is 50.0. The highest BCUT2D eigenvalue weighted by atomic mass is 16.6. The molecule has 0 aliphatic heterocycles. The molecule has 358 valence electrons. The molecule has 0 saturated carbocycles. The molecule has 0 saturated heterocycles. The maximum Gasteiger partial charge on any atom is 0.306 e. The van der Waals surface area contributed by atoms with Gasteiger partial charge in [-0.2, -0.15) is 0 Å². The highest BCUT2D eigenvalue weighted by Gasteiger charge is 2.17. The summed E-state index contributed by atoms with van der Waals surface area (Å²) in [5.41, 5.74) is 0. The van der Waals surface area contributed by atoms with Crippen molar-refractivity contribution in [3.63, 3.8) is 0 Å². The highest BCUT2D eigenvalue weighted by molar-refractivity contribution is 5.70. The number of carbonyl (C=O) groups is 2. The number of carbonyl (C=O) groups excluding carboxylic acids is 2. The molecule has 1 atom stereocenters. The Hall–Kier alpha value is -2.66. The van der Waals surface area contributed by atoms with Crippen LogP contribution in [0.5, 0.6) is 0 Å². The van der Waals surface area contributed by atoms with Gasteiger partial charge in [-0.1, -0.05) is 229 Å². The molecule has 1 unspecified atom stereocenters. The third-order valence-electron chi connectivity index (χ3n) is 11.2. The summed E-state index contributed by atoms with van der Waals surface area (Å²) >= 11 is 0. The van der Waals surface area contributed by atoms with Crippen LogP contribution in [0.1, 0.15) is 252 Å². The zero-order valence-corrected chi connectivity index (χ0v) is 41.1. The van der Waals surface area contributed by atoms with Crippen LogP contribution in [-0.4, -0.2) is 37.9 Å². The number of hydrogen-bond donors (Lipinski definition) is 0. The fourth-order valence-corrected chi connectivity index (χ4v) is 7.31. The van der Waals surface area contributed by atoms with Gasteiger partial charge in [0.25, 0.3) is 0 Å². The maximum atomic E-state index is 12.8. The zero-order chi connectivity index (χ0) is 44.9. The van der Waals surface area contributed by atoms with E-state index in [0.29, 0.717) is 19.4 Å². The van der Waals surface area contributed by atoms with Gasteiger partial charge in [-0.25, -0.2) is 0 Å². The first-order valence-electron chi connectivity index (χ1n) is 26.5. The van der Waals surface area contributed by atoms with E-state index in [1.807, 2.05) is 0 Å². The fraction of sp³-hybridized carbons (Fsp3) is 0.754. The molecule has 62 heavy (non-hydrogen) atoms. The van der Waals surface area contributed by atoms with Crippen LogP contribution < -0.4 is 0 Å². The lowest BCUT2D eigenvalue weighted by Crippen LogP contribution is -2.30. The van der Waals surface area contributed by atoms with Crippen LogP contribution in [0, 0.1) is 0 Å². The Bertz CT molecular complexity index is 1110. The Morgan fingerprint density at radius 3 is 1.23 bits per heavy atom. The number of esters is 2. The molecule has 5 heteroatoms. The average Bonchev–Trinajstić information content (AvgIpc) is 3.27. The van der Waals surface area contributed by atoms with E-state index in [2.05, 4.69) is 93.7 Å². The quantitative estimate of drug-likeness (QED) is 0.0346. The van der Waals surface area contributed by atoms with E-state index in [9.17, 15) is 9.59 Å². The minimum Gasteiger partial charge on any atom is -0.462 e. The van der Waals surface area contributed by atoms with Gasteiger partial charge in [0.2, 0.25) is 0 Å². The minimum absolute atomic E-state index is 0.0550. The summed E-state index contributed by atoms with van der Waals surface area (Å²) in [4.78, 5) is 25.4. The smallest absolute Gasteiger partial charge is 0.306 e. The highest BCUT2D eigenvalue weighted by Crippen LogP contribution is 2.14. The third-order valence-corrected chi connectivity index (χ3v) is 11.2. The summed E-state index contributed by atoms with van der Waals surface area (Å²) in [6, 6.07) is 0. The van der Waals surface area contributed by atoms with E-state index in [1.165, 1.54) is 148 Å². The lowest BCUT2D eigenvalue weighted by atomic mass is 10.1. The first-order valence-corrected chi connectivity index (χ1v) is 26.5. The van der Waals surface area contributed by atoms with Crippen molar-refractivity contribution in [1.29, 1.82) is 0 Å². The van der Waals surface area contributed by atoms with Gasteiger partial charge in [-0.15, -0.1) is 0 Å². The van der Waals surface area contributed by atoms with Gasteiger partial charge in [-0.05, 0) is 83.5 Å².